The van der Waals surface area contributed by atoms with E-state index in [1.165, 1.54) is 11.3 Å². The van der Waals surface area contributed by atoms with E-state index in [1.54, 1.807) is 18.2 Å². The molecule has 1 unspecified atom stereocenters. The highest BCUT2D eigenvalue weighted by Gasteiger charge is 2.20. The highest BCUT2D eigenvalue weighted by Crippen LogP contribution is 2.22. The first-order chi connectivity index (χ1) is 8.04. The summed E-state index contributed by atoms with van der Waals surface area (Å²) in [6, 6.07) is 2.52. The summed E-state index contributed by atoms with van der Waals surface area (Å²) >= 11 is 4.51. The number of allylic oxidation sites excluding steroid dienone is 1. The van der Waals surface area contributed by atoms with E-state index in [9.17, 15) is 9.59 Å². The van der Waals surface area contributed by atoms with E-state index in [4.69, 9.17) is 5.11 Å². The van der Waals surface area contributed by atoms with Crippen LogP contribution in [0, 0.1) is 0 Å². The Morgan fingerprint density at radius 1 is 1.59 bits per heavy atom. The molecule has 17 heavy (non-hydrogen) atoms. The van der Waals surface area contributed by atoms with Gasteiger partial charge in [0.25, 0.3) is 5.91 Å². The maximum atomic E-state index is 11.7. The van der Waals surface area contributed by atoms with E-state index in [0.717, 1.165) is 3.79 Å². The Kier molecular flexibility index (Phi) is 5.37. The normalized spacial score (nSPS) is 11.8. The molecule has 0 fully saturated rings. The Bertz CT molecular complexity index is 430. The minimum Gasteiger partial charge on any atom is -0.480 e. The number of carbonyl (C=O) groups excluding carboxylic acids is 1. The first-order valence-electron chi connectivity index (χ1n) is 4.94. The summed E-state index contributed by atoms with van der Waals surface area (Å²) in [6.45, 7) is 3.52. The molecule has 1 atom stereocenters. The standard InChI is InChI=1S/C11H12BrNO3S/c1-2-3-4-7(11(15)16)13-10(14)8-5-6-9(12)17-8/h2,5-7H,1,3-4H2,(H,13,14)(H,15,16). The molecule has 1 heterocycles. The molecule has 1 aromatic heterocycles. The van der Waals surface area contributed by atoms with Crippen LogP contribution >= 0.6 is 27.3 Å². The second kappa shape index (κ2) is 6.56. The summed E-state index contributed by atoms with van der Waals surface area (Å²) < 4.78 is 0.834. The smallest absolute Gasteiger partial charge is 0.326 e. The lowest BCUT2D eigenvalue weighted by Gasteiger charge is -2.12. The molecule has 0 saturated carbocycles. The minimum atomic E-state index is -1.03. The van der Waals surface area contributed by atoms with Crippen molar-refractivity contribution in [2.45, 2.75) is 18.9 Å². The van der Waals surface area contributed by atoms with Crippen LogP contribution in [0.2, 0.25) is 0 Å². The first kappa shape index (κ1) is 13.9. The molecule has 0 aliphatic carbocycles. The molecule has 6 heteroatoms. The van der Waals surface area contributed by atoms with Gasteiger partial charge in [-0.05, 0) is 40.9 Å². The number of halogens is 1. The fourth-order valence-electron chi connectivity index (χ4n) is 1.21. The fourth-order valence-corrected chi connectivity index (χ4v) is 2.50. The van der Waals surface area contributed by atoms with Gasteiger partial charge in [-0.1, -0.05) is 6.08 Å². The molecular weight excluding hydrogens is 306 g/mol. The maximum Gasteiger partial charge on any atom is 0.326 e. The third-order valence-electron chi connectivity index (χ3n) is 2.06. The summed E-state index contributed by atoms with van der Waals surface area (Å²) in [5.41, 5.74) is 0. The van der Waals surface area contributed by atoms with E-state index in [2.05, 4.69) is 27.8 Å². The number of aliphatic carboxylic acids is 1. The molecule has 1 aromatic rings. The van der Waals surface area contributed by atoms with Crippen molar-refractivity contribution >= 4 is 39.1 Å². The number of amides is 1. The van der Waals surface area contributed by atoms with Crippen LogP contribution < -0.4 is 5.32 Å². The van der Waals surface area contributed by atoms with Crippen LogP contribution in [0.4, 0.5) is 0 Å². The van der Waals surface area contributed by atoms with Crippen molar-refractivity contribution in [2.75, 3.05) is 0 Å². The molecule has 0 spiro atoms. The number of carbonyl (C=O) groups is 2. The maximum absolute atomic E-state index is 11.7. The molecule has 4 nitrogen and oxygen atoms in total. The number of carboxylic acids is 1. The zero-order valence-electron chi connectivity index (χ0n) is 8.98. The van der Waals surface area contributed by atoms with Crippen molar-refractivity contribution in [3.63, 3.8) is 0 Å². The molecule has 0 aliphatic heterocycles. The van der Waals surface area contributed by atoms with Gasteiger partial charge in [-0.15, -0.1) is 17.9 Å². The van der Waals surface area contributed by atoms with Crippen LogP contribution in [-0.4, -0.2) is 23.0 Å². The number of nitrogens with one attached hydrogen (secondary N) is 1. The topological polar surface area (TPSA) is 66.4 Å². The lowest BCUT2D eigenvalue weighted by molar-refractivity contribution is -0.139. The Balaban J connectivity index is 2.63. The first-order valence-corrected chi connectivity index (χ1v) is 6.55. The van der Waals surface area contributed by atoms with Gasteiger partial charge in [0.1, 0.15) is 6.04 Å². The highest BCUT2D eigenvalue weighted by molar-refractivity contribution is 9.11. The van der Waals surface area contributed by atoms with E-state index in [1.807, 2.05) is 0 Å². The zero-order chi connectivity index (χ0) is 12.8. The van der Waals surface area contributed by atoms with Crippen molar-refractivity contribution in [3.05, 3.63) is 33.5 Å². The summed E-state index contributed by atoms with van der Waals surface area (Å²) in [6.07, 6.45) is 2.52. The van der Waals surface area contributed by atoms with Crippen LogP contribution in [0.3, 0.4) is 0 Å². The van der Waals surface area contributed by atoms with Crippen molar-refractivity contribution in [1.82, 2.24) is 5.32 Å². The van der Waals surface area contributed by atoms with Crippen LogP contribution in [-0.2, 0) is 4.79 Å². The summed E-state index contributed by atoms with van der Waals surface area (Å²) in [7, 11) is 0. The summed E-state index contributed by atoms with van der Waals surface area (Å²) in [5, 5.41) is 11.4. The van der Waals surface area contributed by atoms with Crippen molar-refractivity contribution < 1.29 is 14.7 Å². The third-order valence-corrected chi connectivity index (χ3v) is 3.68. The quantitative estimate of drug-likeness (QED) is 0.793. The predicted octanol–water partition coefficient (Wildman–Crippen LogP) is 2.66. The monoisotopic (exact) mass is 317 g/mol. The number of hydrogen-bond donors (Lipinski definition) is 2. The van der Waals surface area contributed by atoms with Gasteiger partial charge >= 0.3 is 5.97 Å². The summed E-state index contributed by atoms with van der Waals surface area (Å²) in [5.74, 6) is -1.40. The third kappa shape index (κ3) is 4.32. The van der Waals surface area contributed by atoms with E-state index in [-0.39, 0.29) is 5.91 Å². The summed E-state index contributed by atoms with van der Waals surface area (Å²) in [4.78, 5) is 23.1. The SMILES string of the molecule is C=CCCC(NC(=O)c1ccc(Br)s1)C(=O)O. The number of rotatable bonds is 6. The second-order valence-corrected chi connectivity index (χ2v) is 5.80. The molecule has 2 N–H and O–H groups in total. The van der Waals surface area contributed by atoms with Gasteiger partial charge in [0.2, 0.25) is 0 Å². The van der Waals surface area contributed by atoms with Crippen LogP contribution in [0.15, 0.2) is 28.6 Å². The van der Waals surface area contributed by atoms with Crippen molar-refractivity contribution in [2.24, 2.45) is 0 Å². The average Bonchev–Trinajstić information content (AvgIpc) is 2.70. The van der Waals surface area contributed by atoms with E-state index < -0.39 is 12.0 Å². The molecule has 0 aromatic carbocycles. The van der Waals surface area contributed by atoms with Gasteiger partial charge in [-0.25, -0.2) is 4.79 Å². The van der Waals surface area contributed by atoms with E-state index >= 15 is 0 Å². The van der Waals surface area contributed by atoms with Crippen molar-refractivity contribution in [1.29, 1.82) is 0 Å². The highest BCUT2D eigenvalue weighted by atomic mass is 79.9. The van der Waals surface area contributed by atoms with Gasteiger partial charge in [0.15, 0.2) is 0 Å². The Morgan fingerprint density at radius 3 is 2.76 bits per heavy atom. The minimum absolute atomic E-state index is 0.344. The molecule has 1 rings (SSSR count). The molecule has 1 amide bonds. The fraction of sp³-hybridized carbons (Fsp3) is 0.273. The van der Waals surface area contributed by atoms with Crippen LogP contribution in [0.5, 0.6) is 0 Å². The predicted molar refractivity (Wildman–Crippen MR) is 70.3 cm³/mol. The average molecular weight is 318 g/mol. The van der Waals surface area contributed by atoms with Gasteiger partial charge in [0, 0.05) is 0 Å². The largest absolute Gasteiger partial charge is 0.480 e. The molecular formula is C11H12BrNO3S. The van der Waals surface area contributed by atoms with Crippen LogP contribution in [0.1, 0.15) is 22.5 Å². The van der Waals surface area contributed by atoms with Gasteiger partial charge in [-0.2, -0.15) is 0 Å². The van der Waals surface area contributed by atoms with Gasteiger partial charge in [-0.3, -0.25) is 4.79 Å². The zero-order valence-corrected chi connectivity index (χ0v) is 11.4. The van der Waals surface area contributed by atoms with Crippen molar-refractivity contribution in [3.8, 4) is 0 Å². The molecule has 0 aliphatic rings. The Labute approximate surface area is 111 Å². The Morgan fingerprint density at radius 2 is 2.29 bits per heavy atom. The molecule has 0 bridgehead atoms. The Hall–Kier alpha value is -1.14. The van der Waals surface area contributed by atoms with Crippen LogP contribution in [0.25, 0.3) is 0 Å². The van der Waals surface area contributed by atoms with E-state index in [0.29, 0.717) is 17.7 Å². The second-order valence-electron chi connectivity index (χ2n) is 3.33. The van der Waals surface area contributed by atoms with Gasteiger partial charge < -0.3 is 10.4 Å². The number of hydrogen-bond acceptors (Lipinski definition) is 3. The number of carboxylic acid groups (broad SMARTS) is 1. The molecule has 0 saturated heterocycles. The molecule has 92 valence electrons. The van der Waals surface area contributed by atoms with Gasteiger partial charge in [0.05, 0.1) is 8.66 Å². The lowest BCUT2D eigenvalue weighted by atomic mass is 10.1. The molecule has 0 radical (unpaired) electrons. The number of thiophene rings is 1. The lowest BCUT2D eigenvalue weighted by Crippen LogP contribution is -2.40.